The Kier molecular flexibility index (Phi) is 8.86. The lowest BCUT2D eigenvalue weighted by Gasteiger charge is -2.34. The summed E-state index contributed by atoms with van der Waals surface area (Å²) in [5.74, 6) is 0.538. The molecule has 1 aliphatic rings. The van der Waals surface area contributed by atoms with Crippen molar-refractivity contribution in [3.63, 3.8) is 0 Å². The number of benzene rings is 1. The number of Topliss-reactive ketones (excluding diaryl/α,β-unsaturated/α-hetero) is 1. The molecule has 31 heavy (non-hydrogen) atoms. The van der Waals surface area contributed by atoms with Crippen LogP contribution in [-0.2, 0) is 14.4 Å². The van der Waals surface area contributed by atoms with E-state index in [0.717, 1.165) is 35.0 Å². The molecule has 9 heteroatoms. The van der Waals surface area contributed by atoms with Gasteiger partial charge in [-0.15, -0.1) is 0 Å². The molecule has 0 radical (unpaired) electrons. The molecule has 0 saturated carbocycles. The SMILES string of the molecule is Cc1cccc2sc(NC(=O)CN3CCN(C(=O)CCCCCC(=O)CS)CC3)nc12. The number of anilines is 1. The largest absolute Gasteiger partial charge is 0.340 e. The van der Waals surface area contributed by atoms with Crippen molar-refractivity contribution in [1.82, 2.24) is 14.8 Å². The maximum Gasteiger partial charge on any atom is 0.240 e. The second kappa shape index (κ2) is 11.6. The monoisotopic (exact) mass is 462 g/mol. The highest BCUT2D eigenvalue weighted by Gasteiger charge is 2.22. The molecule has 7 nitrogen and oxygen atoms in total. The molecule has 2 heterocycles. The molecule has 0 spiro atoms. The summed E-state index contributed by atoms with van der Waals surface area (Å²) in [5.41, 5.74) is 2.03. The van der Waals surface area contributed by atoms with Gasteiger partial charge in [0.2, 0.25) is 11.8 Å². The van der Waals surface area contributed by atoms with Gasteiger partial charge in [-0.05, 0) is 31.4 Å². The lowest BCUT2D eigenvalue weighted by Crippen LogP contribution is -2.50. The number of amides is 2. The fraction of sp³-hybridized carbons (Fsp3) is 0.545. The molecule has 2 amide bonds. The molecule has 0 bridgehead atoms. The van der Waals surface area contributed by atoms with E-state index in [2.05, 4.69) is 27.8 Å². The Bertz CT molecular complexity index is 923. The highest BCUT2D eigenvalue weighted by Crippen LogP contribution is 2.27. The lowest BCUT2D eigenvalue weighted by atomic mass is 10.1. The predicted octanol–water partition coefficient (Wildman–Crippen LogP) is 3.14. The minimum atomic E-state index is -0.0766. The van der Waals surface area contributed by atoms with Crippen LogP contribution in [-0.4, -0.2) is 70.9 Å². The van der Waals surface area contributed by atoms with E-state index in [0.29, 0.717) is 56.4 Å². The number of aromatic nitrogens is 1. The molecular weight excluding hydrogens is 432 g/mol. The number of thiol groups is 1. The Hall–Kier alpha value is -1.97. The number of thiazole rings is 1. The van der Waals surface area contributed by atoms with E-state index < -0.39 is 0 Å². The second-order valence-corrected chi connectivity index (χ2v) is 9.25. The maximum atomic E-state index is 12.4. The van der Waals surface area contributed by atoms with Crippen LogP contribution in [0.2, 0.25) is 0 Å². The van der Waals surface area contributed by atoms with Crippen LogP contribution >= 0.6 is 24.0 Å². The van der Waals surface area contributed by atoms with Crippen molar-refractivity contribution in [2.75, 3.05) is 43.8 Å². The summed E-state index contributed by atoms with van der Waals surface area (Å²) < 4.78 is 1.07. The molecule has 1 aromatic heterocycles. The number of nitrogens with zero attached hydrogens (tertiary/aromatic N) is 3. The van der Waals surface area contributed by atoms with Crippen molar-refractivity contribution < 1.29 is 14.4 Å². The molecule has 1 fully saturated rings. The zero-order chi connectivity index (χ0) is 22.2. The molecule has 3 rings (SSSR count). The summed E-state index contributed by atoms with van der Waals surface area (Å²) in [6.07, 6.45) is 3.59. The van der Waals surface area contributed by atoms with Crippen molar-refractivity contribution in [3.8, 4) is 0 Å². The van der Waals surface area contributed by atoms with E-state index >= 15 is 0 Å². The number of ketones is 1. The molecule has 2 aromatic rings. The van der Waals surface area contributed by atoms with Crippen LogP contribution in [0.1, 0.15) is 37.7 Å². The summed E-state index contributed by atoms with van der Waals surface area (Å²) in [7, 11) is 0. The van der Waals surface area contributed by atoms with Gasteiger partial charge >= 0.3 is 0 Å². The Labute approximate surface area is 192 Å². The number of carbonyl (C=O) groups excluding carboxylic acids is 3. The molecule has 0 aliphatic carbocycles. The summed E-state index contributed by atoms with van der Waals surface area (Å²) in [6.45, 7) is 4.98. The van der Waals surface area contributed by atoms with Crippen LogP contribution in [0, 0.1) is 6.92 Å². The Morgan fingerprint density at radius 2 is 1.84 bits per heavy atom. The summed E-state index contributed by atoms with van der Waals surface area (Å²) >= 11 is 5.45. The van der Waals surface area contributed by atoms with Crippen molar-refractivity contribution in [2.45, 2.75) is 39.0 Å². The van der Waals surface area contributed by atoms with Gasteiger partial charge in [0.25, 0.3) is 0 Å². The third kappa shape index (κ3) is 7.02. The molecule has 1 saturated heterocycles. The van der Waals surface area contributed by atoms with Crippen LogP contribution in [0.3, 0.4) is 0 Å². The fourth-order valence-corrected chi connectivity index (χ4v) is 4.79. The molecular formula is C22H30N4O3S2. The van der Waals surface area contributed by atoms with Gasteiger partial charge in [-0.1, -0.05) is 29.9 Å². The molecule has 1 aliphatic heterocycles. The third-order valence-corrected chi connectivity index (χ3v) is 6.77. The Balaban J connectivity index is 1.35. The van der Waals surface area contributed by atoms with Crippen LogP contribution in [0.5, 0.6) is 0 Å². The van der Waals surface area contributed by atoms with Gasteiger partial charge in [0.1, 0.15) is 5.78 Å². The topological polar surface area (TPSA) is 82.6 Å². The van der Waals surface area contributed by atoms with Crippen LogP contribution in [0.25, 0.3) is 10.2 Å². The second-order valence-electron chi connectivity index (χ2n) is 7.90. The Morgan fingerprint density at radius 1 is 1.10 bits per heavy atom. The number of fused-ring (bicyclic) bond motifs is 1. The molecule has 1 N–H and O–H groups in total. The minimum absolute atomic E-state index is 0.0766. The number of unbranched alkanes of at least 4 members (excludes halogenated alkanes) is 2. The smallest absolute Gasteiger partial charge is 0.240 e. The van der Waals surface area contributed by atoms with Crippen molar-refractivity contribution in [1.29, 1.82) is 0 Å². The first kappa shape index (κ1) is 23.7. The number of aryl methyl sites for hydroxylation is 1. The molecule has 0 unspecified atom stereocenters. The van der Waals surface area contributed by atoms with E-state index in [9.17, 15) is 14.4 Å². The average Bonchev–Trinajstić information content (AvgIpc) is 3.17. The van der Waals surface area contributed by atoms with Gasteiger partial charge in [-0.3, -0.25) is 19.3 Å². The summed E-state index contributed by atoms with van der Waals surface area (Å²) in [5, 5.41) is 3.53. The minimum Gasteiger partial charge on any atom is -0.340 e. The van der Waals surface area contributed by atoms with Crippen LogP contribution in [0.4, 0.5) is 5.13 Å². The van der Waals surface area contributed by atoms with E-state index in [-0.39, 0.29) is 17.6 Å². The number of nitrogens with one attached hydrogen (secondary N) is 1. The van der Waals surface area contributed by atoms with Gasteiger partial charge in [0.15, 0.2) is 5.13 Å². The predicted molar refractivity (Wildman–Crippen MR) is 128 cm³/mol. The van der Waals surface area contributed by atoms with E-state index in [1.165, 1.54) is 11.3 Å². The standard InChI is InChI=1S/C22H30N4O3S2/c1-16-6-5-8-18-21(16)24-22(31-18)23-19(28)14-25-10-12-26(13-11-25)20(29)9-4-2-3-7-17(27)15-30/h5-6,8,30H,2-4,7,9-15H2,1H3,(H,23,24,28). The molecule has 168 valence electrons. The zero-order valence-corrected chi connectivity index (χ0v) is 19.6. The number of para-hydroxylation sites is 1. The van der Waals surface area contributed by atoms with Crippen LogP contribution < -0.4 is 5.32 Å². The first-order valence-corrected chi connectivity index (χ1v) is 12.2. The lowest BCUT2D eigenvalue weighted by molar-refractivity contribution is -0.133. The molecule has 0 atom stereocenters. The highest BCUT2D eigenvalue weighted by atomic mass is 32.1. The number of piperazine rings is 1. The first-order valence-electron chi connectivity index (χ1n) is 10.7. The van der Waals surface area contributed by atoms with Gasteiger partial charge < -0.3 is 10.2 Å². The van der Waals surface area contributed by atoms with Gasteiger partial charge in [0.05, 0.1) is 16.8 Å². The summed E-state index contributed by atoms with van der Waals surface area (Å²) in [6, 6.07) is 6.01. The molecule has 1 aromatic carbocycles. The van der Waals surface area contributed by atoms with E-state index in [1.807, 2.05) is 30.0 Å². The number of hydrogen-bond donors (Lipinski definition) is 2. The maximum absolute atomic E-state index is 12.4. The Morgan fingerprint density at radius 3 is 2.55 bits per heavy atom. The van der Waals surface area contributed by atoms with E-state index in [4.69, 9.17) is 0 Å². The normalized spacial score (nSPS) is 14.7. The van der Waals surface area contributed by atoms with Crippen molar-refractivity contribution in [2.24, 2.45) is 0 Å². The van der Waals surface area contributed by atoms with Gasteiger partial charge in [-0.2, -0.15) is 12.6 Å². The number of carbonyl (C=O) groups is 3. The van der Waals surface area contributed by atoms with Gasteiger partial charge in [-0.25, -0.2) is 4.98 Å². The van der Waals surface area contributed by atoms with E-state index in [1.54, 1.807) is 0 Å². The fourth-order valence-electron chi connectivity index (χ4n) is 3.67. The number of rotatable bonds is 10. The van der Waals surface area contributed by atoms with Crippen molar-refractivity contribution in [3.05, 3.63) is 23.8 Å². The van der Waals surface area contributed by atoms with Crippen LogP contribution in [0.15, 0.2) is 18.2 Å². The average molecular weight is 463 g/mol. The first-order chi connectivity index (χ1) is 15.0. The number of hydrogen-bond acceptors (Lipinski definition) is 7. The quantitative estimate of drug-likeness (QED) is 0.419. The summed E-state index contributed by atoms with van der Waals surface area (Å²) in [4.78, 5) is 44.5. The van der Waals surface area contributed by atoms with Crippen molar-refractivity contribution >= 4 is 56.9 Å². The third-order valence-electron chi connectivity index (χ3n) is 5.48. The van der Waals surface area contributed by atoms with Gasteiger partial charge in [0, 0.05) is 44.8 Å². The highest BCUT2D eigenvalue weighted by molar-refractivity contribution is 7.81. The zero-order valence-electron chi connectivity index (χ0n) is 17.9.